The van der Waals surface area contributed by atoms with Gasteiger partial charge in [0.05, 0.1) is 0 Å². The summed E-state index contributed by atoms with van der Waals surface area (Å²) in [6.07, 6.45) is 1.80. The molecule has 1 aromatic carbocycles. The maximum absolute atomic E-state index is 5.75. The Morgan fingerprint density at radius 2 is 2.00 bits per heavy atom. The number of aromatic nitrogens is 1. The van der Waals surface area contributed by atoms with Crippen LogP contribution in [0.4, 0.5) is 11.5 Å². The number of hydrogen-bond donors (Lipinski definition) is 1. The Hall–Kier alpha value is -1.54. The second-order valence-corrected chi connectivity index (χ2v) is 3.90. The highest BCUT2D eigenvalue weighted by Crippen LogP contribution is 2.19. The average molecular weight is 233 g/mol. The molecule has 2 aromatic rings. The van der Waals surface area contributed by atoms with Crippen molar-refractivity contribution in [2.75, 3.05) is 5.32 Å². The number of halogens is 1. The molecule has 0 atom stereocenters. The summed E-state index contributed by atoms with van der Waals surface area (Å²) in [5, 5.41) is 3.27. The van der Waals surface area contributed by atoms with Crippen molar-refractivity contribution in [1.82, 2.24) is 4.98 Å². The SMILES string of the molecule is Cc1cc(CCl)cnc1Nc1ccccc1. The van der Waals surface area contributed by atoms with E-state index in [4.69, 9.17) is 11.6 Å². The third-order valence-electron chi connectivity index (χ3n) is 2.33. The van der Waals surface area contributed by atoms with Crippen LogP contribution in [0.2, 0.25) is 0 Å². The Bertz CT molecular complexity index is 469. The Morgan fingerprint density at radius 3 is 2.62 bits per heavy atom. The van der Waals surface area contributed by atoms with Crippen LogP contribution in [0.1, 0.15) is 11.1 Å². The molecule has 0 amide bonds. The summed E-state index contributed by atoms with van der Waals surface area (Å²) < 4.78 is 0. The number of nitrogens with one attached hydrogen (secondary N) is 1. The van der Waals surface area contributed by atoms with E-state index in [0.29, 0.717) is 5.88 Å². The van der Waals surface area contributed by atoms with Gasteiger partial charge in [0.25, 0.3) is 0 Å². The van der Waals surface area contributed by atoms with E-state index in [2.05, 4.69) is 10.3 Å². The fraction of sp³-hybridized carbons (Fsp3) is 0.154. The molecule has 0 unspecified atom stereocenters. The third kappa shape index (κ3) is 2.52. The maximum atomic E-state index is 5.75. The van der Waals surface area contributed by atoms with E-state index in [9.17, 15) is 0 Å². The summed E-state index contributed by atoms with van der Waals surface area (Å²) in [5.74, 6) is 1.37. The number of aryl methyl sites for hydroxylation is 1. The number of para-hydroxylation sites is 1. The fourth-order valence-corrected chi connectivity index (χ4v) is 1.64. The first kappa shape index (κ1) is 11.0. The van der Waals surface area contributed by atoms with Crippen LogP contribution in [0.5, 0.6) is 0 Å². The van der Waals surface area contributed by atoms with E-state index < -0.39 is 0 Å². The summed E-state index contributed by atoms with van der Waals surface area (Å²) in [6.45, 7) is 2.02. The highest BCUT2D eigenvalue weighted by Gasteiger charge is 2.01. The molecule has 0 saturated carbocycles. The number of alkyl halides is 1. The lowest BCUT2D eigenvalue weighted by atomic mass is 10.2. The second-order valence-electron chi connectivity index (χ2n) is 3.63. The third-order valence-corrected chi connectivity index (χ3v) is 2.63. The van der Waals surface area contributed by atoms with Crippen molar-refractivity contribution in [2.45, 2.75) is 12.8 Å². The van der Waals surface area contributed by atoms with Crippen molar-refractivity contribution < 1.29 is 0 Å². The predicted octanol–water partition coefficient (Wildman–Crippen LogP) is 3.87. The van der Waals surface area contributed by atoms with Crippen molar-refractivity contribution in [3.05, 3.63) is 53.7 Å². The van der Waals surface area contributed by atoms with Gasteiger partial charge >= 0.3 is 0 Å². The Balaban J connectivity index is 2.22. The molecule has 0 aliphatic heterocycles. The summed E-state index contributed by atoms with van der Waals surface area (Å²) >= 11 is 5.75. The molecule has 0 bridgehead atoms. The molecular formula is C13H13ClN2. The van der Waals surface area contributed by atoms with Gasteiger partial charge in [0.15, 0.2) is 0 Å². The fourth-order valence-electron chi connectivity index (χ4n) is 1.50. The van der Waals surface area contributed by atoms with Crippen molar-refractivity contribution in [3.63, 3.8) is 0 Å². The van der Waals surface area contributed by atoms with Crippen LogP contribution in [0, 0.1) is 6.92 Å². The molecule has 1 N–H and O–H groups in total. The van der Waals surface area contributed by atoms with Crippen LogP contribution >= 0.6 is 11.6 Å². The number of nitrogens with zero attached hydrogens (tertiary/aromatic N) is 1. The molecule has 0 fully saturated rings. The first-order chi connectivity index (χ1) is 7.79. The Morgan fingerprint density at radius 1 is 1.25 bits per heavy atom. The van der Waals surface area contributed by atoms with E-state index in [-0.39, 0.29) is 0 Å². The van der Waals surface area contributed by atoms with Gasteiger partial charge in [0.1, 0.15) is 5.82 Å². The monoisotopic (exact) mass is 232 g/mol. The number of benzene rings is 1. The normalized spacial score (nSPS) is 10.1. The topological polar surface area (TPSA) is 24.9 Å². The maximum Gasteiger partial charge on any atom is 0.133 e. The standard InChI is InChI=1S/C13H13ClN2/c1-10-7-11(8-14)9-15-13(10)16-12-5-3-2-4-6-12/h2-7,9H,8H2,1H3,(H,15,16). The van der Waals surface area contributed by atoms with Crippen LogP contribution in [-0.2, 0) is 5.88 Å². The molecule has 3 heteroatoms. The lowest BCUT2D eigenvalue weighted by molar-refractivity contribution is 1.20. The first-order valence-corrected chi connectivity index (χ1v) is 5.66. The zero-order chi connectivity index (χ0) is 11.4. The predicted molar refractivity (Wildman–Crippen MR) is 68.3 cm³/mol. The van der Waals surface area contributed by atoms with E-state index >= 15 is 0 Å². The number of hydrogen-bond acceptors (Lipinski definition) is 2. The van der Waals surface area contributed by atoms with Gasteiger partial charge in [-0.3, -0.25) is 0 Å². The molecule has 0 aliphatic carbocycles. The minimum Gasteiger partial charge on any atom is -0.340 e. The second kappa shape index (κ2) is 4.99. The molecule has 82 valence electrons. The smallest absolute Gasteiger partial charge is 0.133 e. The molecule has 1 heterocycles. The van der Waals surface area contributed by atoms with Gasteiger partial charge in [-0.05, 0) is 36.2 Å². The van der Waals surface area contributed by atoms with Gasteiger partial charge in [-0.1, -0.05) is 18.2 Å². The average Bonchev–Trinajstić information content (AvgIpc) is 2.33. The van der Waals surface area contributed by atoms with Crippen LogP contribution in [0.3, 0.4) is 0 Å². The summed E-state index contributed by atoms with van der Waals surface area (Å²) in [5.41, 5.74) is 3.18. The number of rotatable bonds is 3. The molecule has 0 saturated heterocycles. The van der Waals surface area contributed by atoms with Gasteiger partial charge in [0, 0.05) is 17.8 Å². The van der Waals surface area contributed by atoms with Crippen LogP contribution < -0.4 is 5.32 Å². The van der Waals surface area contributed by atoms with Gasteiger partial charge in [0.2, 0.25) is 0 Å². The van der Waals surface area contributed by atoms with Crippen LogP contribution in [0.25, 0.3) is 0 Å². The van der Waals surface area contributed by atoms with Crippen molar-refractivity contribution in [3.8, 4) is 0 Å². The van der Waals surface area contributed by atoms with E-state index in [0.717, 1.165) is 22.6 Å². The van der Waals surface area contributed by atoms with Crippen LogP contribution in [-0.4, -0.2) is 4.98 Å². The largest absolute Gasteiger partial charge is 0.340 e. The zero-order valence-corrected chi connectivity index (χ0v) is 9.83. The molecule has 0 spiro atoms. The highest BCUT2D eigenvalue weighted by atomic mass is 35.5. The summed E-state index contributed by atoms with van der Waals surface area (Å²) in [4.78, 5) is 4.35. The van der Waals surface area contributed by atoms with Crippen molar-refractivity contribution in [2.24, 2.45) is 0 Å². The quantitative estimate of drug-likeness (QED) is 0.813. The molecule has 0 aliphatic rings. The minimum absolute atomic E-state index is 0.499. The van der Waals surface area contributed by atoms with Gasteiger partial charge in [-0.2, -0.15) is 0 Å². The molecule has 0 radical (unpaired) electrons. The van der Waals surface area contributed by atoms with Gasteiger partial charge in [-0.25, -0.2) is 4.98 Å². The molecular weight excluding hydrogens is 220 g/mol. The highest BCUT2D eigenvalue weighted by molar-refractivity contribution is 6.17. The number of anilines is 2. The van der Waals surface area contributed by atoms with Crippen LogP contribution in [0.15, 0.2) is 42.6 Å². The lowest BCUT2D eigenvalue weighted by Gasteiger charge is -2.09. The van der Waals surface area contributed by atoms with E-state index in [1.165, 1.54) is 0 Å². The lowest BCUT2D eigenvalue weighted by Crippen LogP contribution is -1.97. The summed E-state index contributed by atoms with van der Waals surface area (Å²) in [6, 6.07) is 12.0. The molecule has 16 heavy (non-hydrogen) atoms. The summed E-state index contributed by atoms with van der Waals surface area (Å²) in [7, 11) is 0. The molecule has 1 aromatic heterocycles. The molecule has 2 nitrogen and oxygen atoms in total. The first-order valence-electron chi connectivity index (χ1n) is 5.13. The molecule has 2 rings (SSSR count). The van der Waals surface area contributed by atoms with Gasteiger partial charge < -0.3 is 5.32 Å². The van der Waals surface area contributed by atoms with E-state index in [1.807, 2.05) is 43.3 Å². The minimum atomic E-state index is 0.499. The number of pyridine rings is 1. The Labute approximate surface area is 100 Å². The zero-order valence-electron chi connectivity index (χ0n) is 9.07. The van der Waals surface area contributed by atoms with Gasteiger partial charge in [-0.15, -0.1) is 11.6 Å². The van der Waals surface area contributed by atoms with E-state index in [1.54, 1.807) is 6.20 Å². The van der Waals surface area contributed by atoms with Crippen molar-refractivity contribution >= 4 is 23.1 Å². The van der Waals surface area contributed by atoms with Crippen molar-refractivity contribution in [1.29, 1.82) is 0 Å². The Kier molecular flexibility index (Phi) is 3.42.